The van der Waals surface area contributed by atoms with E-state index in [0.717, 1.165) is 6.07 Å². The number of nitrogens with zero attached hydrogens (tertiary/aromatic N) is 4. The number of amides is 2. The Bertz CT molecular complexity index is 1360. The maximum Gasteiger partial charge on any atom is 0.261 e. The normalized spacial score (nSPS) is 24.8. The molecule has 196 valence electrons. The van der Waals surface area contributed by atoms with Crippen LogP contribution in [0.5, 0.6) is 11.5 Å². The summed E-state index contributed by atoms with van der Waals surface area (Å²) in [6.45, 7) is 6.15. The van der Waals surface area contributed by atoms with E-state index in [-0.39, 0.29) is 78.1 Å². The third-order valence-electron chi connectivity index (χ3n) is 7.14. The fraction of sp³-hybridized carbons (Fsp3) is 0.423. The maximum atomic E-state index is 15.0. The summed E-state index contributed by atoms with van der Waals surface area (Å²) in [6.07, 6.45) is 0.851. The number of fused-ring (bicyclic) bond motifs is 2. The van der Waals surface area contributed by atoms with Crippen LogP contribution in [0.2, 0.25) is 5.02 Å². The first-order valence-electron chi connectivity index (χ1n) is 13.4. The minimum absolute atomic E-state index is 0.00807. The monoisotopic (exact) mass is 533 g/mol. The van der Waals surface area contributed by atoms with Crippen LogP contribution >= 0.6 is 11.6 Å². The van der Waals surface area contributed by atoms with Gasteiger partial charge in [0.2, 0.25) is 5.91 Å². The third-order valence-corrected chi connectivity index (χ3v) is 7.49. The van der Waals surface area contributed by atoms with Gasteiger partial charge < -0.3 is 29.3 Å². The van der Waals surface area contributed by atoms with Crippen LogP contribution < -0.4 is 9.64 Å². The molecule has 3 aliphatic rings. The van der Waals surface area contributed by atoms with Crippen molar-refractivity contribution in [2.45, 2.75) is 31.5 Å². The van der Waals surface area contributed by atoms with Gasteiger partial charge in [0.05, 0.1) is 21.8 Å². The number of phenols is 1. The Morgan fingerprint density at radius 3 is 2.89 bits per heavy atom. The number of aromatic hydroxyl groups is 1. The van der Waals surface area contributed by atoms with E-state index in [1.165, 1.54) is 18.2 Å². The van der Waals surface area contributed by atoms with Crippen molar-refractivity contribution in [3.05, 3.63) is 47.3 Å². The molecule has 0 aliphatic carbocycles. The molecule has 11 heteroatoms. The number of phenolic OH excluding ortho intramolecular Hbond substituents is 1. The van der Waals surface area contributed by atoms with Gasteiger partial charge in [0.1, 0.15) is 40.3 Å². The lowest BCUT2D eigenvalue weighted by Gasteiger charge is -2.39. The number of rotatable bonds is 4. The van der Waals surface area contributed by atoms with Crippen molar-refractivity contribution in [3.63, 3.8) is 0 Å². The Kier molecular flexibility index (Phi) is 5.76. The van der Waals surface area contributed by atoms with Gasteiger partial charge in [-0.1, -0.05) is 24.2 Å². The Hall–Kier alpha value is -3.37. The number of carbonyl (C=O) groups excluding carboxylic acids is 2. The summed E-state index contributed by atoms with van der Waals surface area (Å²) in [6, 6.07) is 2.95. The first kappa shape index (κ1) is 21.7. The van der Waals surface area contributed by atoms with Crippen LogP contribution in [0.4, 0.5) is 10.2 Å². The van der Waals surface area contributed by atoms with Gasteiger partial charge in [-0.05, 0) is 31.6 Å². The SMILES string of the molecule is [2H]C([2H])([2H])OC1C[C@H](C)N(c2nc(-c3c(O)cccc3F)c(Cl)c3c2C(=O)N2CCN(C(=O)C=C)C[C@@H]2CO3)C1. The molecule has 5 rings (SSSR count). The molecule has 0 radical (unpaired) electrons. The number of benzene rings is 1. The van der Waals surface area contributed by atoms with Crippen molar-refractivity contribution < 1.29 is 32.7 Å². The molecule has 2 amide bonds. The predicted octanol–water partition coefficient (Wildman–Crippen LogP) is 3.09. The maximum absolute atomic E-state index is 15.0. The first-order valence-corrected chi connectivity index (χ1v) is 12.3. The highest BCUT2D eigenvalue weighted by Crippen LogP contribution is 2.46. The molecule has 3 atom stereocenters. The number of anilines is 1. The molecule has 0 spiro atoms. The smallest absolute Gasteiger partial charge is 0.261 e. The van der Waals surface area contributed by atoms with Crippen molar-refractivity contribution in [2.75, 3.05) is 44.7 Å². The van der Waals surface area contributed by atoms with Crippen LogP contribution in [0.25, 0.3) is 11.3 Å². The third kappa shape index (κ3) is 4.27. The summed E-state index contributed by atoms with van der Waals surface area (Å²) >= 11 is 6.74. The predicted molar refractivity (Wildman–Crippen MR) is 136 cm³/mol. The van der Waals surface area contributed by atoms with E-state index >= 15 is 4.39 Å². The molecule has 2 saturated heterocycles. The van der Waals surface area contributed by atoms with Gasteiger partial charge in [-0.3, -0.25) is 9.59 Å². The quantitative estimate of drug-likeness (QED) is 0.603. The summed E-state index contributed by atoms with van der Waals surface area (Å²) in [5.74, 6) is -1.82. The van der Waals surface area contributed by atoms with Gasteiger partial charge in [-0.2, -0.15) is 0 Å². The molecule has 37 heavy (non-hydrogen) atoms. The van der Waals surface area contributed by atoms with Crippen LogP contribution in [-0.2, 0) is 9.53 Å². The topological polar surface area (TPSA) is 95.4 Å². The van der Waals surface area contributed by atoms with E-state index in [4.69, 9.17) is 25.2 Å². The molecule has 1 N–H and O–H groups in total. The van der Waals surface area contributed by atoms with Crippen LogP contribution in [0.15, 0.2) is 30.9 Å². The Labute approximate surface area is 223 Å². The molecule has 3 aliphatic heterocycles. The van der Waals surface area contributed by atoms with Crippen LogP contribution in [0.3, 0.4) is 0 Å². The summed E-state index contributed by atoms with van der Waals surface area (Å²) in [4.78, 5) is 35.9. The molecule has 0 bridgehead atoms. The zero-order chi connectivity index (χ0) is 28.9. The lowest BCUT2D eigenvalue weighted by Crippen LogP contribution is -2.57. The average molecular weight is 534 g/mol. The number of aromatic nitrogens is 1. The van der Waals surface area contributed by atoms with E-state index in [1.807, 2.05) is 6.92 Å². The van der Waals surface area contributed by atoms with Crippen molar-refractivity contribution in [3.8, 4) is 22.8 Å². The van der Waals surface area contributed by atoms with Gasteiger partial charge in [-0.15, -0.1) is 0 Å². The summed E-state index contributed by atoms with van der Waals surface area (Å²) in [5, 5.41) is 10.4. The van der Waals surface area contributed by atoms with Crippen molar-refractivity contribution >= 4 is 29.2 Å². The number of ether oxygens (including phenoxy) is 2. The van der Waals surface area contributed by atoms with E-state index in [0.29, 0.717) is 6.42 Å². The van der Waals surface area contributed by atoms with Gasteiger partial charge in [-0.25, -0.2) is 9.37 Å². The largest absolute Gasteiger partial charge is 0.507 e. The number of piperazine rings is 1. The Balaban J connectivity index is 1.64. The highest BCUT2D eigenvalue weighted by Gasteiger charge is 2.42. The van der Waals surface area contributed by atoms with E-state index < -0.39 is 36.7 Å². The number of carbonyl (C=O) groups is 2. The lowest BCUT2D eigenvalue weighted by molar-refractivity contribution is -0.128. The number of halogens is 2. The van der Waals surface area contributed by atoms with Gasteiger partial charge >= 0.3 is 0 Å². The van der Waals surface area contributed by atoms with Crippen LogP contribution in [-0.4, -0.2) is 89.7 Å². The van der Waals surface area contributed by atoms with Crippen molar-refractivity contribution in [2.24, 2.45) is 0 Å². The lowest BCUT2D eigenvalue weighted by atomic mass is 10.0. The molecule has 2 aromatic rings. The molecule has 4 heterocycles. The summed E-state index contributed by atoms with van der Waals surface area (Å²) in [5.41, 5.74) is -0.356. The second kappa shape index (κ2) is 9.83. The summed E-state index contributed by atoms with van der Waals surface area (Å²) < 4.78 is 48.9. The molecule has 9 nitrogen and oxygen atoms in total. The number of hydrogen-bond acceptors (Lipinski definition) is 7. The van der Waals surface area contributed by atoms with Crippen molar-refractivity contribution in [1.82, 2.24) is 14.8 Å². The number of hydrogen-bond donors (Lipinski definition) is 1. The van der Waals surface area contributed by atoms with Gasteiger partial charge in [0.15, 0.2) is 5.75 Å². The summed E-state index contributed by atoms with van der Waals surface area (Å²) in [7, 11) is -2.62. The van der Waals surface area contributed by atoms with E-state index in [9.17, 15) is 14.7 Å². The Morgan fingerprint density at radius 2 is 2.16 bits per heavy atom. The molecular formula is C26H28ClFN4O5. The second-order valence-electron chi connectivity index (χ2n) is 9.36. The zero-order valence-electron chi connectivity index (χ0n) is 23.1. The molecule has 2 fully saturated rings. The minimum atomic E-state index is -2.62. The molecule has 1 unspecified atom stereocenters. The average Bonchev–Trinajstić information content (AvgIpc) is 3.17. The van der Waals surface area contributed by atoms with Gasteiger partial charge in [0.25, 0.3) is 5.91 Å². The van der Waals surface area contributed by atoms with Gasteiger partial charge in [0, 0.05) is 39.3 Å². The van der Waals surface area contributed by atoms with Crippen LogP contribution in [0.1, 0.15) is 27.8 Å². The molecular weight excluding hydrogens is 503 g/mol. The number of pyridine rings is 1. The molecule has 1 aromatic heterocycles. The first-order chi connectivity index (χ1) is 18.9. The standard InChI is InChI=1S/C26H28ClFN4O5/c1-4-19(34)30-8-9-31-15(11-30)13-37-24-21(26(31)35)25(32-12-16(36-3)10-14(32)2)29-23(22(24)27)20-17(28)6-5-7-18(20)33/h4-7,14-16,33H,1,8-13H2,2-3H3/t14-,15+,16?/m0/s1/i3D3. The highest BCUT2D eigenvalue weighted by molar-refractivity contribution is 6.35. The second-order valence-corrected chi connectivity index (χ2v) is 9.74. The van der Waals surface area contributed by atoms with Crippen LogP contribution in [0, 0.1) is 5.82 Å². The van der Waals surface area contributed by atoms with Crippen molar-refractivity contribution in [1.29, 1.82) is 0 Å². The molecule has 0 saturated carbocycles. The molecule has 1 aromatic carbocycles. The minimum Gasteiger partial charge on any atom is -0.507 e. The zero-order valence-corrected chi connectivity index (χ0v) is 20.9. The number of methoxy groups -OCH3 is 1. The van der Waals surface area contributed by atoms with E-state index in [2.05, 4.69) is 11.6 Å². The highest BCUT2D eigenvalue weighted by atomic mass is 35.5. The fourth-order valence-corrected chi connectivity index (χ4v) is 5.54. The fourth-order valence-electron chi connectivity index (χ4n) is 5.26. The van der Waals surface area contributed by atoms with E-state index in [1.54, 1.807) is 14.7 Å². The Morgan fingerprint density at radius 1 is 1.35 bits per heavy atom.